The van der Waals surface area contributed by atoms with Crippen molar-refractivity contribution in [2.45, 2.75) is 51.6 Å². The molecule has 0 heterocycles. The first-order valence-corrected chi connectivity index (χ1v) is 8.17. The second-order valence-electron chi connectivity index (χ2n) is 6.39. The van der Waals surface area contributed by atoms with Crippen molar-refractivity contribution < 1.29 is 4.74 Å². The van der Waals surface area contributed by atoms with Crippen LogP contribution >= 0.6 is 0 Å². The van der Waals surface area contributed by atoms with Gasteiger partial charge < -0.3 is 15.0 Å². The first-order valence-electron chi connectivity index (χ1n) is 8.17. The summed E-state index contributed by atoms with van der Waals surface area (Å²) < 4.78 is 5.97. The zero-order valence-corrected chi connectivity index (χ0v) is 14.0. The highest BCUT2D eigenvalue weighted by Crippen LogP contribution is 2.22. The number of benzene rings is 1. The van der Waals surface area contributed by atoms with Crippen LogP contribution in [0.1, 0.15) is 36.8 Å². The Bertz CT molecular complexity index is 439. The van der Waals surface area contributed by atoms with Crippen LogP contribution in [0.15, 0.2) is 18.2 Å². The molecule has 0 atom stereocenters. The highest BCUT2D eigenvalue weighted by molar-refractivity contribution is 5.35. The van der Waals surface area contributed by atoms with Crippen molar-refractivity contribution in [3.05, 3.63) is 29.3 Å². The lowest BCUT2D eigenvalue weighted by molar-refractivity contribution is 0.150. The quantitative estimate of drug-likeness (QED) is 0.871. The van der Waals surface area contributed by atoms with Crippen molar-refractivity contribution in [3.63, 3.8) is 0 Å². The maximum Gasteiger partial charge on any atom is 0.122 e. The molecule has 1 fully saturated rings. The van der Waals surface area contributed by atoms with E-state index >= 15 is 0 Å². The Morgan fingerprint density at radius 1 is 1.19 bits per heavy atom. The molecule has 1 aromatic rings. The van der Waals surface area contributed by atoms with Crippen LogP contribution in [0.2, 0.25) is 0 Å². The van der Waals surface area contributed by atoms with Crippen molar-refractivity contribution in [2.24, 2.45) is 0 Å². The first kappa shape index (κ1) is 16.3. The summed E-state index contributed by atoms with van der Waals surface area (Å²) >= 11 is 0. The summed E-state index contributed by atoms with van der Waals surface area (Å²) in [6.45, 7) is 5.99. The molecule has 1 aromatic carbocycles. The third kappa shape index (κ3) is 4.72. The molecule has 0 amide bonds. The number of nitrogens with zero attached hydrogens (tertiary/aromatic N) is 1. The molecule has 2 rings (SSSR count). The molecule has 0 aromatic heterocycles. The topological polar surface area (TPSA) is 24.5 Å². The summed E-state index contributed by atoms with van der Waals surface area (Å²) in [5.74, 6) is 1.03. The number of likely N-dealkylation sites (N-methyl/N-ethyl adjacent to an activating group) is 1. The highest BCUT2D eigenvalue weighted by atomic mass is 16.5. The van der Waals surface area contributed by atoms with Crippen LogP contribution in [-0.2, 0) is 0 Å². The minimum atomic E-state index is 0.719. The van der Waals surface area contributed by atoms with E-state index in [1.54, 1.807) is 0 Å². The van der Waals surface area contributed by atoms with Crippen molar-refractivity contribution in [2.75, 3.05) is 27.2 Å². The summed E-state index contributed by atoms with van der Waals surface area (Å²) in [5.41, 5.74) is 2.48. The summed E-state index contributed by atoms with van der Waals surface area (Å²) in [7, 11) is 4.31. The van der Waals surface area contributed by atoms with Gasteiger partial charge in [-0.15, -0.1) is 0 Å². The van der Waals surface area contributed by atoms with Crippen LogP contribution in [0.3, 0.4) is 0 Å². The Balaban J connectivity index is 1.74. The second-order valence-corrected chi connectivity index (χ2v) is 6.39. The van der Waals surface area contributed by atoms with E-state index in [4.69, 9.17) is 4.74 Å². The molecular weight excluding hydrogens is 260 g/mol. The fourth-order valence-corrected chi connectivity index (χ4v) is 3.15. The number of nitrogens with one attached hydrogen (secondary N) is 1. The molecule has 3 nitrogen and oxygen atoms in total. The third-order valence-corrected chi connectivity index (χ3v) is 4.77. The average molecular weight is 290 g/mol. The van der Waals surface area contributed by atoms with E-state index in [2.05, 4.69) is 56.4 Å². The predicted octanol–water partition coefficient (Wildman–Crippen LogP) is 3.14. The zero-order valence-electron chi connectivity index (χ0n) is 14.0. The van der Waals surface area contributed by atoms with E-state index in [0.717, 1.165) is 31.0 Å². The van der Waals surface area contributed by atoms with Gasteiger partial charge in [-0.1, -0.05) is 12.1 Å². The van der Waals surface area contributed by atoms with Gasteiger partial charge in [0.1, 0.15) is 12.4 Å². The Labute approximate surface area is 129 Å². The maximum atomic E-state index is 5.97. The summed E-state index contributed by atoms with van der Waals surface area (Å²) in [4.78, 5) is 2.47. The molecule has 1 N–H and O–H groups in total. The highest BCUT2D eigenvalue weighted by Gasteiger charge is 2.22. The molecule has 0 aliphatic heterocycles. The second kappa shape index (κ2) is 7.81. The van der Waals surface area contributed by atoms with Crippen LogP contribution in [0.25, 0.3) is 0 Å². The van der Waals surface area contributed by atoms with Crippen LogP contribution in [0.4, 0.5) is 0 Å². The number of ether oxygens (including phenoxy) is 1. The molecule has 0 radical (unpaired) electrons. The predicted molar refractivity (Wildman–Crippen MR) is 89.1 cm³/mol. The van der Waals surface area contributed by atoms with Gasteiger partial charge in [-0.3, -0.25) is 0 Å². The van der Waals surface area contributed by atoms with Gasteiger partial charge in [0.2, 0.25) is 0 Å². The zero-order chi connectivity index (χ0) is 15.2. The van der Waals surface area contributed by atoms with E-state index < -0.39 is 0 Å². The minimum absolute atomic E-state index is 0.719. The van der Waals surface area contributed by atoms with Crippen molar-refractivity contribution >= 4 is 0 Å². The monoisotopic (exact) mass is 290 g/mol. The average Bonchev–Trinajstić information content (AvgIpc) is 2.50. The normalized spacial score (nSPS) is 22.5. The Hall–Kier alpha value is -1.06. The van der Waals surface area contributed by atoms with E-state index in [1.807, 2.05) is 0 Å². The van der Waals surface area contributed by atoms with Gasteiger partial charge >= 0.3 is 0 Å². The van der Waals surface area contributed by atoms with E-state index in [-0.39, 0.29) is 0 Å². The van der Waals surface area contributed by atoms with Gasteiger partial charge in [0.15, 0.2) is 0 Å². The molecule has 21 heavy (non-hydrogen) atoms. The third-order valence-electron chi connectivity index (χ3n) is 4.77. The molecule has 0 spiro atoms. The number of hydrogen-bond acceptors (Lipinski definition) is 3. The molecule has 1 aliphatic carbocycles. The van der Waals surface area contributed by atoms with Crippen molar-refractivity contribution in [3.8, 4) is 5.75 Å². The molecule has 0 unspecified atom stereocenters. The lowest BCUT2D eigenvalue weighted by atomic mass is 9.90. The largest absolute Gasteiger partial charge is 0.492 e. The van der Waals surface area contributed by atoms with E-state index in [1.165, 1.54) is 36.8 Å². The van der Waals surface area contributed by atoms with Crippen LogP contribution < -0.4 is 10.1 Å². The molecule has 1 saturated carbocycles. The number of hydrogen-bond donors (Lipinski definition) is 1. The van der Waals surface area contributed by atoms with E-state index in [9.17, 15) is 0 Å². The van der Waals surface area contributed by atoms with Gasteiger partial charge in [-0.05, 0) is 70.8 Å². The fourth-order valence-electron chi connectivity index (χ4n) is 3.15. The van der Waals surface area contributed by atoms with Crippen LogP contribution in [0, 0.1) is 13.8 Å². The SMILES string of the molecule is CNC1CCC(N(C)CCOc2cc(C)ccc2C)CC1. The first-order chi connectivity index (χ1) is 10.1. The molecule has 118 valence electrons. The minimum Gasteiger partial charge on any atom is -0.492 e. The number of aryl methyl sites for hydroxylation is 2. The van der Waals surface area contributed by atoms with Gasteiger partial charge in [0.25, 0.3) is 0 Å². The van der Waals surface area contributed by atoms with Gasteiger partial charge in [-0.2, -0.15) is 0 Å². The lowest BCUT2D eigenvalue weighted by Crippen LogP contribution is -2.41. The van der Waals surface area contributed by atoms with Gasteiger partial charge in [0.05, 0.1) is 0 Å². The van der Waals surface area contributed by atoms with E-state index in [0.29, 0.717) is 0 Å². The molecule has 1 aliphatic rings. The Morgan fingerprint density at radius 2 is 1.90 bits per heavy atom. The number of rotatable bonds is 6. The van der Waals surface area contributed by atoms with Crippen LogP contribution in [0.5, 0.6) is 5.75 Å². The summed E-state index contributed by atoms with van der Waals surface area (Å²) in [6, 6.07) is 7.84. The molecular formula is C18H30N2O. The van der Waals surface area contributed by atoms with Crippen LogP contribution in [-0.4, -0.2) is 44.2 Å². The Morgan fingerprint density at radius 3 is 2.57 bits per heavy atom. The maximum absolute atomic E-state index is 5.97. The Kier molecular flexibility index (Phi) is 6.07. The fraction of sp³-hybridized carbons (Fsp3) is 0.667. The van der Waals surface area contributed by atoms with Gasteiger partial charge in [0, 0.05) is 18.6 Å². The molecule has 3 heteroatoms. The summed E-state index contributed by atoms with van der Waals surface area (Å²) in [5, 5.41) is 3.40. The standard InChI is InChI=1S/C18H30N2O/c1-14-5-6-15(2)18(13-14)21-12-11-20(4)17-9-7-16(19-3)8-10-17/h5-6,13,16-17,19H,7-12H2,1-4H3. The van der Waals surface area contributed by atoms with Crippen molar-refractivity contribution in [1.82, 2.24) is 10.2 Å². The lowest BCUT2D eigenvalue weighted by Gasteiger charge is -2.34. The van der Waals surface area contributed by atoms with Gasteiger partial charge in [-0.25, -0.2) is 0 Å². The van der Waals surface area contributed by atoms with Crippen molar-refractivity contribution in [1.29, 1.82) is 0 Å². The summed E-state index contributed by atoms with van der Waals surface area (Å²) in [6.07, 6.45) is 5.18. The molecule has 0 bridgehead atoms. The smallest absolute Gasteiger partial charge is 0.122 e. The molecule has 0 saturated heterocycles.